The van der Waals surface area contributed by atoms with Crippen LogP contribution in [0.1, 0.15) is 5.56 Å². The Labute approximate surface area is 134 Å². The van der Waals surface area contributed by atoms with Gasteiger partial charge in [0.2, 0.25) is 10.0 Å². The predicted octanol–water partition coefficient (Wildman–Crippen LogP) is 2.09. The molecule has 0 aliphatic rings. The Hall–Kier alpha value is -2.45. The van der Waals surface area contributed by atoms with Crippen molar-refractivity contribution in [2.45, 2.75) is 5.75 Å². The van der Waals surface area contributed by atoms with Gasteiger partial charge in [0.1, 0.15) is 12.4 Å². The van der Waals surface area contributed by atoms with Gasteiger partial charge in [0.25, 0.3) is 5.69 Å². The molecular formula is C15H16N2O5S. The maximum Gasteiger partial charge on any atom is 0.269 e. The van der Waals surface area contributed by atoms with E-state index in [1.807, 2.05) is 18.2 Å². The minimum absolute atomic E-state index is 0.117. The molecule has 8 heteroatoms. The number of non-ortho nitro benzene ring substituents is 1. The number of ether oxygens (including phenoxy) is 1. The minimum Gasteiger partial charge on any atom is -0.492 e. The molecular weight excluding hydrogens is 320 g/mol. The summed E-state index contributed by atoms with van der Waals surface area (Å²) < 4.78 is 31.7. The number of sulfonamides is 1. The highest BCUT2D eigenvalue weighted by atomic mass is 32.2. The third-order valence-electron chi connectivity index (χ3n) is 2.91. The largest absolute Gasteiger partial charge is 0.492 e. The summed E-state index contributed by atoms with van der Waals surface area (Å²) in [5, 5.41) is 10.7. The van der Waals surface area contributed by atoms with Crippen LogP contribution in [0.15, 0.2) is 54.6 Å². The predicted molar refractivity (Wildman–Crippen MR) is 85.7 cm³/mol. The minimum atomic E-state index is -3.58. The molecule has 2 rings (SSSR count). The number of nitrogens with zero attached hydrogens (tertiary/aromatic N) is 1. The second kappa shape index (κ2) is 7.70. The average molecular weight is 336 g/mol. The highest BCUT2D eigenvalue weighted by Crippen LogP contribution is 2.15. The van der Waals surface area contributed by atoms with Crippen LogP contribution in [0.2, 0.25) is 0 Å². The SMILES string of the molecule is O=[N+]([O-])c1cccc(CS(=O)(=O)NCCOc2ccccc2)c1. The molecule has 0 aromatic heterocycles. The fraction of sp³-hybridized carbons (Fsp3) is 0.200. The number of hydrogen-bond acceptors (Lipinski definition) is 5. The molecule has 0 fully saturated rings. The second-order valence-electron chi connectivity index (χ2n) is 4.74. The Bertz CT molecular complexity index is 762. The number of hydrogen-bond donors (Lipinski definition) is 1. The molecule has 2 aromatic rings. The molecule has 0 amide bonds. The maximum absolute atomic E-state index is 12.0. The average Bonchev–Trinajstić information content (AvgIpc) is 2.52. The fourth-order valence-electron chi connectivity index (χ4n) is 1.91. The molecule has 23 heavy (non-hydrogen) atoms. The lowest BCUT2D eigenvalue weighted by Crippen LogP contribution is -2.29. The van der Waals surface area contributed by atoms with Crippen molar-refractivity contribution in [1.29, 1.82) is 0 Å². The van der Waals surface area contributed by atoms with Crippen molar-refractivity contribution in [3.05, 3.63) is 70.3 Å². The highest BCUT2D eigenvalue weighted by molar-refractivity contribution is 7.88. The summed E-state index contributed by atoms with van der Waals surface area (Å²) in [4.78, 5) is 10.1. The molecule has 1 N–H and O–H groups in total. The van der Waals surface area contributed by atoms with Gasteiger partial charge in [-0.15, -0.1) is 0 Å². The van der Waals surface area contributed by atoms with Crippen molar-refractivity contribution < 1.29 is 18.1 Å². The van der Waals surface area contributed by atoms with Crippen molar-refractivity contribution >= 4 is 15.7 Å². The summed E-state index contributed by atoms with van der Waals surface area (Å²) in [5.41, 5.74) is 0.223. The first-order chi connectivity index (χ1) is 11.0. The van der Waals surface area contributed by atoms with Gasteiger partial charge in [0.05, 0.1) is 10.7 Å². The first-order valence-electron chi connectivity index (χ1n) is 6.85. The van der Waals surface area contributed by atoms with Gasteiger partial charge in [0, 0.05) is 18.7 Å². The van der Waals surface area contributed by atoms with Gasteiger partial charge in [-0.2, -0.15) is 0 Å². The monoisotopic (exact) mass is 336 g/mol. The van der Waals surface area contributed by atoms with Crippen molar-refractivity contribution in [3.63, 3.8) is 0 Å². The number of nitrogens with one attached hydrogen (secondary N) is 1. The molecule has 0 radical (unpaired) electrons. The van der Waals surface area contributed by atoms with E-state index in [2.05, 4.69) is 4.72 Å². The Balaban J connectivity index is 1.85. The Kier molecular flexibility index (Phi) is 5.67. The molecule has 0 bridgehead atoms. The van der Waals surface area contributed by atoms with E-state index in [0.717, 1.165) is 0 Å². The molecule has 0 saturated heterocycles. The molecule has 0 atom stereocenters. The van der Waals surface area contributed by atoms with Crippen LogP contribution in [0.3, 0.4) is 0 Å². The van der Waals surface area contributed by atoms with Gasteiger partial charge < -0.3 is 4.74 Å². The van der Waals surface area contributed by atoms with Crippen LogP contribution < -0.4 is 9.46 Å². The van der Waals surface area contributed by atoms with Crippen molar-refractivity contribution in [3.8, 4) is 5.75 Å². The summed E-state index contributed by atoms with van der Waals surface area (Å²) in [6, 6.07) is 14.6. The van der Waals surface area contributed by atoms with E-state index in [4.69, 9.17) is 4.74 Å². The van der Waals surface area contributed by atoms with Crippen LogP contribution in [0.4, 0.5) is 5.69 Å². The normalized spacial score (nSPS) is 11.1. The van der Waals surface area contributed by atoms with Crippen LogP contribution in [0.25, 0.3) is 0 Å². The van der Waals surface area contributed by atoms with Gasteiger partial charge in [0.15, 0.2) is 0 Å². The molecule has 7 nitrogen and oxygen atoms in total. The van der Waals surface area contributed by atoms with E-state index in [1.54, 1.807) is 12.1 Å². The Morgan fingerprint density at radius 3 is 2.52 bits per heavy atom. The number of benzene rings is 2. The topological polar surface area (TPSA) is 98.5 Å². The molecule has 0 aliphatic carbocycles. The second-order valence-corrected chi connectivity index (χ2v) is 6.55. The van der Waals surface area contributed by atoms with E-state index >= 15 is 0 Å². The van der Waals surface area contributed by atoms with Crippen LogP contribution in [0.5, 0.6) is 5.75 Å². The summed E-state index contributed by atoms with van der Waals surface area (Å²) in [7, 11) is -3.58. The van der Waals surface area contributed by atoms with Crippen molar-refractivity contribution in [2.24, 2.45) is 0 Å². The first-order valence-corrected chi connectivity index (χ1v) is 8.50. The molecule has 0 aliphatic heterocycles. The highest BCUT2D eigenvalue weighted by Gasteiger charge is 2.13. The maximum atomic E-state index is 12.0. The first kappa shape index (κ1) is 16.9. The van der Waals surface area contributed by atoms with Gasteiger partial charge in [-0.3, -0.25) is 10.1 Å². The third-order valence-corrected chi connectivity index (χ3v) is 4.27. The van der Waals surface area contributed by atoms with E-state index < -0.39 is 14.9 Å². The number of nitro benzene ring substituents is 1. The molecule has 0 spiro atoms. The van der Waals surface area contributed by atoms with E-state index in [1.165, 1.54) is 24.3 Å². The van der Waals surface area contributed by atoms with Crippen LogP contribution in [-0.4, -0.2) is 26.5 Å². The van der Waals surface area contributed by atoms with Gasteiger partial charge in [-0.25, -0.2) is 13.1 Å². The molecule has 0 saturated carbocycles. The van der Waals surface area contributed by atoms with E-state index in [9.17, 15) is 18.5 Å². The standard InChI is InChI=1S/C15H16N2O5S/c18-17(19)14-6-4-5-13(11-14)12-23(20,21)16-9-10-22-15-7-2-1-3-8-15/h1-8,11,16H,9-10,12H2. The van der Waals surface area contributed by atoms with E-state index in [0.29, 0.717) is 11.3 Å². The summed E-state index contributed by atoms with van der Waals surface area (Å²) in [6.07, 6.45) is 0. The fourth-order valence-corrected chi connectivity index (χ4v) is 3.03. The third kappa shape index (κ3) is 5.68. The lowest BCUT2D eigenvalue weighted by molar-refractivity contribution is -0.384. The zero-order chi connectivity index (χ0) is 16.7. The number of nitro groups is 1. The number of rotatable bonds is 8. The zero-order valence-corrected chi connectivity index (χ0v) is 13.0. The quantitative estimate of drug-likeness (QED) is 0.452. The van der Waals surface area contributed by atoms with Gasteiger partial charge >= 0.3 is 0 Å². The Morgan fingerprint density at radius 2 is 1.83 bits per heavy atom. The zero-order valence-electron chi connectivity index (χ0n) is 12.2. The summed E-state index contributed by atoms with van der Waals surface area (Å²) in [6.45, 7) is 0.310. The molecule has 0 heterocycles. The lowest BCUT2D eigenvalue weighted by atomic mass is 10.2. The van der Waals surface area contributed by atoms with Crippen LogP contribution in [0, 0.1) is 10.1 Å². The summed E-state index contributed by atoms with van der Waals surface area (Å²) >= 11 is 0. The van der Waals surface area contributed by atoms with E-state index in [-0.39, 0.29) is 24.6 Å². The summed E-state index contributed by atoms with van der Waals surface area (Å²) in [5.74, 6) is 0.338. The lowest BCUT2D eigenvalue weighted by Gasteiger charge is -2.08. The van der Waals surface area contributed by atoms with Crippen LogP contribution >= 0.6 is 0 Å². The van der Waals surface area contributed by atoms with Crippen molar-refractivity contribution in [1.82, 2.24) is 4.72 Å². The molecule has 122 valence electrons. The van der Waals surface area contributed by atoms with Crippen LogP contribution in [-0.2, 0) is 15.8 Å². The van der Waals surface area contributed by atoms with Crippen molar-refractivity contribution in [2.75, 3.05) is 13.2 Å². The Morgan fingerprint density at radius 1 is 1.09 bits per heavy atom. The number of para-hydroxylation sites is 1. The van der Waals surface area contributed by atoms with Gasteiger partial charge in [-0.05, 0) is 17.7 Å². The smallest absolute Gasteiger partial charge is 0.269 e. The molecule has 2 aromatic carbocycles. The van der Waals surface area contributed by atoms with Gasteiger partial charge in [-0.1, -0.05) is 30.3 Å². The molecule has 0 unspecified atom stereocenters.